The number of nitrogens with zero attached hydrogens (tertiary/aromatic N) is 3. The number of benzene rings is 2. The normalized spacial score (nSPS) is 15.9. The summed E-state index contributed by atoms with van der Waals surface area (Å²) in [6, 6.07) is 17.2. The lowest BCUT2D eigenvalue weighted by molar-refractivity contribution is -0.122. The third kappa shape index (κ3) is 5.31. The third-order valence-corrected chi connectivity index (χ3v) is 6.15. The van der Waals surface area contributed by atoms with Gasteiger partial charge in [0, 0.05) is 36.2 Å². The van der Waals surface area contributed by atoms with Crippen LogP contribution in [-0.2, 0) is 21.5 Å². The molecule has 1 unspecified atom stereocenters. The molecule has 8 nitrogen and oxygen atoms in total. The van der Waals surface area contributed by atoms with E-state index in [9.17, 15) is 9.59 Å². The quantitative estimate of drug-likeness (QED) is 0.551. The topological polar surface area (TPSA) is 85.7 Å². The summed E-state index contributed by atoms with van der Waals surface area (Å²) in [6.07, 6.45) is 0.138. The van der Waals surface area contributed by atoms with Gasteiger partial charge < -0.3 is 19.7 Å². The Balaban J connectivity index is 1.53. The molecular formula is C27H32N4O4. The van der Waals surface area contributed by atoms with Gasteiger partial charge in [0.2, 0.25) is 11.8 Å². The van der Waals surface area contributed by atoms with Crippen LogP contribution in [0.1, 0.15) is 38.4 Å². The maximum absolute atomic E-state index is 13.2. The van der Waals surface area contributed by atoms with Crippen LogP contribution >= 0.6 is 0 Å². The van der Waals surface area contributed by atoms with Crippen LogP contribution in [0.3, 0.4) is 0 Å². The molecule has 0 aliphatic carbocycles. The predicted molar refractivity (Wildman–Crippen MR) is 135 cm³/mol. The molecule has 3 aromatic rings. The number of nitrogens with one attached hydrogen (secondary N) is 1. The minimum absolute atomic E-state index is 0.106. The molecule has 1 aliphatic heterocycles. The number of carbonyl (C=O) groups is 2. The van der Waals surface area contributed by atoms with Crippen LogP contribution in [0.5, 0.6) is 11.5 Å². The van der Waals surface area contributed by atoms with Crippen LogP contribution in [0.2, 0.25) is 0 Å². The zero-order chi connectivity index (χ0) is 25.2. The molecule has 2 heterocycles. The SMILES string of the molecule is COc1ccc(N2CC(C(=O)Nc3cc(C(C)(C)C)nn3Cc3ccccc3)CC2=O)cc1OC. The summed E-state index contributed by atoms with van der Waals surface area (Å²) in [5.41, 5.74) is 2.47. The van der Waals surface area contributed by atoms with E-state index in [4.69, 9.17) is 14.6 Å². The maximum Gasteiger partial charge on any atom is 0.230 e. The molecular weight excluding hydrogens is 444 g/mol. The fourth-order valence-electron chi connectivity index (χ4n) is 4.11. The molecule has 35 heavy (non-hydrogen) atoms. The van der Waals surface area contributed by atoms with Crippen molar-refractivity contribution in [3.05, 3.63) is 65.9 Å². The van der Waals surface area contributed by atoms with E-state index in [0.29, 0.717) is 36.1 Å². The highest BCUT2D eigenvalue weighted by Gasteiger charge is 2.36. The van der Waals surface area contributed by atoms with Gasteiger partial charge in [-0.3, -0.25) is 9.59 Å². The minimum atomic E-state index is -0.478. The molecule has 1 saturated heterocycles. The van der Waals surface area contributed by atoms with Crippen LogP contribution in [0, 0.1) is 5.92 Å². The number of ether oxygens (including phenoxy) is 2. The second-order valence-electron chi connectivity index (χ2n) is 9.74. The largest absolute Gasteiger partial charge is 0.493 e. The van der Waals surface area contributed by atoms with Crippen molar-refractivity contribution in [3.63, 3.8) is 0 Å². The van der Waals surface area contributed by atoms with E-state index in [1.807, 2.05) is 41.1 Å². The zero-order valence-electron chi connectivity index (χ0n) is 20.9. The molecule has 2 aromatic carbocycles. The zero-order valence-corrected chi connectivity index (χ0v) is 20.9. The lowest BCUT2D eigenvalue weighted by Crippen LogP contribution is -2.28. The van der Waals surface area contributed by atoms with Crippen molar-refractivity contribution in [2.45, 2.75) is 39.2 Å². The summed E-state index contributed by atoms with van der Waals surface area (Å²) < 4.78 is 12.5. The average molecular weight is 477 g/mol. The van der Waals surface area contributed by atoms with Crippen LogP contribution < -0.4 is 19.7 Å². The smallest absolute Gasteiger partial charge is 0.230 e. The first kappa shape index (κ1) is 24.3. The molecule has 0 saturated carbocycles. The lowest BCUT2D eigenvalue weighted by atomic mass is 9.92. The van der Waals surface area contributed by atoms with E-state index in [2.05, 4.69) is 26.1 Å². The Kier molecular flexibility index (Phi) is 6.82. The van der Waals surface area contributed by atoms with Crippen molar-refractivity contribution in [1.29, 1.82) is 0 Å². The summed E-state index contributed by atoms with van der Waals surface area (Å²) in [7, 11) is 3.11. The molecule has 2 amide bonds. The second kappa shape index (κ2) is 9.82. The molecule has 4 rings (SSSR count). The number of hydrogen-bond donors (Lipinski definition) is 1. The first-order valence-electron chi connectivity index (χ1n) is 11.6. The average Bonchev–Trinajstić information content (AvgIpc) is 3.42. The molecule has 8 heteroatoms. The Bertz CT molecular complexity index is 1210. The fourth-order valence-corrected chi connectivity index (χ4v) is 4.11. The number of rotatable bonds is 7. The Hall–Kier alpha value is -3.81. The highest BCUT2D eigenvalue weighted by atomic mass is 16.5. The molecule has 1 N–H and O–H groups in total. The van der Waals surface area contributed by atoms with Crippen LogP contribution in [0.15, 0.2) is 54.6 Å². The van der Waals surface area contributed by atoms with Gasteiger partial charge in [-0.1, -0.05) is 51.1 Å². The van der Waals surface area contributed by atoms with Crippen LogP contribution in [0.25, 0.3) is 0 Å². The first-order valence-corrected chi connectivity index (χ1v) is 11.6. The molecule has 184 valence electrons. The van der Waals surface area contributed by atoms with Crippen molar-refractivity contribution in [3.8, 4) is 11.5 Å². The Morgan fingerprint density at radius 1 is 1.06 bits per heavy atom. The van der Waals surface area contributed by atoms with Crippen LogP contribution in [0.4, 0.5) is 11.5 Å². The first-order chi connectivity index (χ1) is 16.7. The highest BCUT2D eigenvalue weighted by Crippen LogP contribution is 2.34. The van der Waals surface area contributed by atoms with Gasteiger partial charge >= 0.3 is 0 Å². The van der Waals surface area contributed by atoms with Gasteiger partial charge in [-0.25, -0.2) is 4.68 Å². The van der Waals surface area contributed by atoms with E-state index in [-0.39, 0.29) is 23.7 Å². The van der Waals surface area contributed by atoms with Crippen molar-refractivity contribution in [1.82, 2.24) is 9.78 Å². The Morgan fingerprint density at radius 2 is 1.77 bits per heavy atom. The van der Waals surface area contributed by atoms with Crippen molar-refractivity contribution < 1.29 is 19.1 Å². The van der Waals surface area contributed by atoms with Gasteiger partial charge in [0.25, 0.3) is 0 Å². The summed E-state index contributed by atoms with van der Waals surface area (Å²) in [5, 5.41) is 7.80. The fraction of sp³-hybridized carbons (Fsp3) is 0.370. The Labute approximate surface area is 205 Å². The van der Waals surface area contributed by atoms with Gasteiger partial charge in [0.15, 0.2) is 11.5 Å². The summed E-state index contributed by atoms with van der Waals surface area (Å²) >= 11 is 0. The van der Waals surface area contributed by atoms with Crippen LogP contribution in [-0.4, -0.2) is 42.4 Å². The molecule has 0 spiro atoms. The molecule has 1 aromatic heterocycles. The summed E-state index contributed by atoms with van der Waals surface area (Å²) in [6.45, 7) is 7.09. The second-order valence-corrected chi connectivity index (χ2v) is 9.74. The third-order valence-electron chi connectivity index (χ3n) is 6.15. The minimum Gasteiger partial charge on any atom is -0.493 e. The maximum atomic E-state index is 13.2. The van der Waals surface area contributed by atoms with E-state index >= 15 is 0 Å². The molecule has 1 atom stereocenters. The van der Waals surface area contributed by atoms with Gasteiger partial charge in [-0.05, 0) is 17.7 Å². The van der Waals surface area contributed by atoms with Crippen molar-refractivity contribution >= 4 is 23.3 Å². The predicted octanol–water partition coefficient (Wildman–Crippen LogP) is 4.24. The highest BCUT2D eigenvalue weighted by molar-refractivity contribution is 6.03. The van der Waals surface area contributed by atoms with Gasteiger partial charge in [-0.2, -0.15) is 5.10 Å². The summed E-state index contributed by atoms with van der Waals surface area (Å²) in [4.78, 5) is 27.7. The van der Waals surface area contributed by atoms with Gasteiger partial charge in [0.05, 0.1) is 32.4 Å². The number of carbonyl (C=O) groups excluding carboxylic acids is 2. The Morgan fingerprint density at radius 3 is 2.43 bits per heavy atom. The van der Waals surface area contributed by atoms with Gasteiger partial charge in [-0.15, -0.1) is 0 Å². The molecule has 0 radical (unpaired) electrons. The number of methoxy groups -OCH3 is 2. The molecule has 0 bridgehead atoms. The van der Waals surface area contributed by atoms with Crippen molar-refractivity contribution in [2.75, 3.05) is 31.0 Å². The van der Waals surface area contributed by atoms with E-state index in [1.54, 1.807) is 37.3 Å². The monoisotopic (exact) mass is 476 g/mol. The number of amides is 2. The van der Waals surface area contributed by atoms with E-state index in [0.717, 1.165) is 11.3 Å². The number of aromatic nitrogens is 2. The van der Waals surface area contributed by atoms with Gasteiger partial charge in [0.1, 0.15) is 5.82 Å². The van der Waals surface area contributed by atoms with E-state index < -0.39 is 5.92 Å². The molecule has 1 aliphatic rings. The lowest BCUT2D eigenvalue weighted by Gasteiger charge is -2.18. The number of anilines is 2. The van der Waals surface area contributed by atoms with Crippen molar-refractivity contribution in [2.24, 2.45) is 5.92 Å². The van der Waals surface area contributed by atoms with E-state index in [1.165, 1.54) is 0 Å². The summed E-state index contributed by atoms with van der Waals surface area (Å²) in [5.74, 6) is 0.958. The molecule has 1 fully saturated rings. The standard InChI is InChI=1S/C27H32N4O4/c1-27(2,3)23-15-24(31(29-23)16-18-9-7-6-8-10-18)28-26(33)19-13-25(32)30(17-19)20-11-12-21(34-4)22(14-20)35-5/h6-12,14-15,19H,13,16-17H2,1-5H3,(H,28,33). The number of hydrogen-bond acceptors (Lipinski definition) is 5.